The minimum absolute atomic E-state index is 0.0776. The Labute approximate surface area is 241 Å². The fraction of sp³-hybridized carbons (Fsp3) is 0.444. The molecule has 2 saturated heterocycles. The molecule has 2 aliphatic heterocycles. The van der Waals surface area contributed by atoms with Gasteiger partial charge in [0.05, 0.1) is 18.8 Å². The summed E-state index contributed by atoms with van der Waals surface area (Å²) in [6.07, 6.45) is -17.6. The predicted octanol–water partition coefficient (Wildman–Crippen LogP) is -2.73. The molecule has 10 atom stereocenters. The van der Waals surface area contributed by atoms with Crippen LogP contribution in [0.5, 0.6) is 23.0 Å². The van der Waals surface area contributed by atoms with Crippen molar-refractivity contribution in [3.05, 3.63) is 46.1 Å². The molecule has 0 amide bonds. The largest absolute Gasteiger partial charge is 0.507 e. The van der Waals surface area contributed by atoms with Crippen molar-refractivity contribution in [1.29, 1.82) is 0 Å². The van der Waals surface area contributed by atoms with E-state index in [0.29, 0.717) is 0 Å². The van der Waals surface area contributed by atoms with Gasteiger partial charge in [-0.05, 0) is 18.2 Å². The van der Waals surface area contributed by atoms with Gasteiger partial charge in [0, 0.05) is 17.7 Å². The number of phenols is 3. The molecule has 0 saturated carbocycles. The summed E-state index contributed by atoms with van der Waals surface area (Å²) in [7, 11) is 0. The maximum atomic E-state index is 13.3. The molecule has 0 spiro atoms. The van der Waals surface area contributed by atoms with Gasteiger partial charge in [0.1, 0.15) is 77.6 Å². The van der Waals surface area contributed by atoms with Crippen molar-refractivity contribution in [1.82, 2.24) is 0 Å². The number of fused-ring (bicyclic) bond motifs is 1. The summed E-state index contributed by atoms with van der Waals surface area (Å²) in [5.74, 6) is -2.49. The highest BCUT2D eigenvalue weighted by molar-refractivity contribution is 5.90. The number of aliphatic hydroxyl groups is 8. The van der Waals surface area contributed by atoms with Crippen LogP contribution in [0.3, 0.4) is 0 Å². The van der Waals surface area contributed by atoms with Crippen LogP contribution < -0.4 is 10.2 Å². The van der Waals surface area contributed by atoms with E-state index in [2.05, 4.69) is 0 Å². The molecule has 2 aliphatic rings. The normalized spacial score (nSPS) is 33.0. The van der Waals surface area contributed by atoms with E-state index in [1.807, 2.05) is 0 Å². The molecule has 43 heavy (non-hydrogen) atoms. The zero-order valence-electron chi connectivity index (χ0n) is 22.0. The average molecular weight is 611 g/mol. The summed E-state index contributed by atoms with van der Waals surface area (Å²) in [5, 5.41) is 112. The number of aliphatic hydroxyl groups excluding tert-OH is 8. The van der Waals surface area contributed by atoms with E-state index in [-0.39, 0.29) is 16.9 Å². The lowest BCUT2D eigenvalue weighted by Gasteiger charge is -2.42. The number of benzene rings is 2. The molecule has 0 bridgehead atoms. The third-order valence-corrected chi connectivity index (χ3v) is 7.51. The summed E-state index contributed by atoms with van der Waals surface area (Å²) in [6.45, 7) is -1.63. The Morgan fingerprint density at radius 1 is 0.698 bits per heavy atom. The van der Waals surface area contributed by atoms with Crippen molar-refractivity contribution in [3.63, 3.8) is 0 Å². The molecule has 11 N–H and O–H groups in total. The fourth-order valence-electron chi connectivity index (χ4n) is 5.13. The molecule has 0 aliphatic carbocycles. The molecule has 0 unspecified atom stereocenters. The third kappa shape index (κ3) is 5.38. The fourth-order valence-corrected chi connectivity index (χ4v) is 5.13. The molecule has 3 aromatic rings. The van der Waals surface area contributed by atoms with E-state index in [1.54, 1.807) is 0 Å². The highest BCUT2D eigenvalue weighted by atomic mass is 16.7. The van der Waals surface area contributed by atoms with Gasteiger partial charge in [0.2, 0.25) is 6.29 Å². The Kier molecular flexibility index (Phi) is 8.52. The molecule has 16 heteroatoms. The number of ether oxygens (including phenoxy) is 3. The molecular formula is C27H30O16. The summed E-state index contributed by atoms with van der Waals surface area (Å²) in [5.41, 5.74) is -1.65. The second kappa shape index (κ2) is 11.9. The third-order valence-electron chi connectivity index (χ3n) is 7.51. The first-order valence-electron chi connectivity index (χ1n) is 13.0. The van der Waals surface area contributed by atoms with Gasteiger partial charge < -0.3 is 74.8 Å². The topological polar surface area (TPSA) is 280 Å². The van der Waals surface area contributed by atoms with E-state index in [0.717, 1.165) is 24.3 Å². The second-order valence-electron chi connectivity index (χ2n) is 10.3. The molecule has 2 aromatic carbocycles. The number of hydrogen-bond donors (Lipinski definition) is 11. The molecule has 234 valence electrons. The van der Waals surface area contributed by atoms with Crippen molar-refractivity contribution in [2.24, 2.45) is 0 Å². The Hall–Kier alpha value is -3.55. The van der Waals surface area contributed by atoms with Crippen molar-refractivity contribution in [2.75, 3.05) is 13.2 Å². The molecule has 5 rings (SSSR count). The monoisotopic (exact) mass is 610 g/mol. The molecule has 3 heterocycles. The second-order valence-corrected chi connectivity index (χ2v) is 10.3. The number of hydrogen-bond acceptors (Lipinski definition) is 16. The minimum Gasteiger partial charge on any atom is -0.507 e. The Balaban J connectivity index is 1.74. The maximum Gasteiger partial charge on any atom is 0.229 e. The van der Waals surface area contributed by atoms with E-state index < -0.39 is 114 Å². The van der Waals surface area contributed by atoms with Crippen LogP contribution in [0, 0.1) is 0 Å². The number of rotatable bonds is 6. The minimum atomic E-state index is -1.96. The van der Waals surface area contributed by atoms with Gasteiger partial charge in [-0.15, -0.1) is 0 Å². The lowest BCUT2D eigenvalue weighted by molar-refractivity contribution is -0.278. The summed E-state index contributed by atoms with van der Waals surface area (Å²) < 4.78 is 22.8. The van der Waals surface area contributed by atoms with Crippen LogP contribution >= 0.6 is 0 Å². The van der Waals surface area contributed by atoms with E-state index in [4.69, 9.17) is 18.6 Å². The quantitative estimate of drug-likeness (QED) is 0.126. The van der Waals surface area contributed by atoms with Crippen molar-refractivity contribution < 1.29 is 74.8 Å². The van der Waals surface area contributed by atoms with Crippen LogP contribution in [0.15, 0.2) is 39.5 Å². The average Bonchev–Trinajstić information content (AvgIpc) is 2.98. The molecule has 2 fully saturated rings. The van der Waals surface area contributed by atoms with Gasteiger partial charge >= 0.3 is 0 Å². The van der Waals surface area contributed by atoms with Crippen LogP contribution in [-0.2, 0) is 9.47 Å². The highest BCUT2D eigenvalue weighted by Gasteiger charge is 2.48. The zero-order valence-corrected chi connectivity index (χ0v) is 22.0. The molecule has 1 aromatic heterocycles. The van der Waals surface area contributed by atoms with Crippen LogP contribution in [0.1, 0.15) is 11.7 Å². The van der Waals surface area contributed by atoms with E-state index >= 15 is 0 Å². The smallest absolute Gasteiger partial charge is 0.229 e. The van der Waals surface area contributed by atoms with Crippen LogP contribution in [0.2, 0.25) is 0 Å². The highest BCUT2D eigenvalue weighted by Crippen LogP contribution is 2.45. The van der Waals surface area contributed by atoms with Crippen molar-refractivity contribution in [3.8, 4) is 34.3 Å². The lowest BCUT2D eigenvalue weighted by atomic mass is 9.89. The van der Waals surface area contributed by atoms with Gasteiger partial charge in [0.25, 0.3) is 0 Å². The van der Waals surface area contributed by atoms with Crippen molar-refractivity contribution in [2.45, 2.75) is 61.2 Å². The molecule has 0 radical (unpaired) electrons. The lowest BCUT2D eigenvalue weighted by Crippen LogP contribution is -2.60. The molecule has 16 nitrogen and oxygen atoms in total. The van der Waals surface area contributed by atoms with Crippen LogP contribution in [0.4, 0.5) is 0 Å². The van der Waals surface area contributed by atoms with Crippen LogP contribution in [-0.4, -0.2) is 125 Å². The first-order valence-corrected chi connectivity index (χ1v) is 13.0. The van der Waals surface area contributed by atoms with Gasteiger partial charge in [-0.25, -0.2) is 0 Å². The summed E-state index contributed by atoms with van der Waals surface area (Å²) in [4.78, 5) is 13.3. The maximum absolute atomic E-state index is 13.3. The van der Waals surface area contributed by atoms with Gasteiger partial charge in [-0.2, -0.15) is 0 Å². The van der Waals surface area contributed by atoms with E-state index in [9.17, 15) is 61.0 Å². The Morgan fingerprint density at radius 2 is 1.33 bits per heavy atom. The van der Waals surface area contributed by atoms with Crippen LogP contribution in [0.25, 0.3) is 22.3 Å². The summed E-state index contributed by atoms with van der Waals surface area (Å²) in [6, 6.07) is 5.30. The first-order chi connectivity index (χ1) is 20.4. The number of aromatic hydroxyl groups is 3. The van der Waals surface area contributed by atoms with Gasteiger partial charge in [-0.1, -0.05) is 0 Å². The van der Waals surface area contributed by atoms with E-state index in [1.165, 1.54) is 6.07 Å². The zero-order chi connectivity index (χ0) is 31.3. The van der Waals surface area contributed by atoms with Gasteiger partial charge in [-0.3, -0.25) is 4.79 Å². The van der Waals surface area contributed by atoms with Gasteiger partial charge in [0.15, 0.2) is 22.5 Å². The number of phenolic OH excluding ortho intramolecular Hbond substituents is 3. The SMILES string of the molecule is O=c1cc(-c2ccc(O)c(O)c2)oc2c([C@H]3O[C@@H](CO)[C@@H](O)[C@@H](O)[C@@H]3O)c(O[C@H]3O[C@@H](CO)[C@H](O)[C@H](O)[C@@H]3O)cc(O)c12. The van der Waals surface area contributed by atoms with Crippen molar-refractivity contribution >= 4 is 11.0 Å². The summed E-state index contributed by atoms with van der Waals surface area (Å²) >= 11 is 0. The Morgan fingerprint density at radius 3 is 1.95 bits per heavy atom. The molecular weight excluding hydrogens is 580 g/mol. The standard InChI is InChI=1S/C27H30O16/c28-6-15-19(34)21(36)23(38)26(41-15)18-14(42-27-24(39)22(37)20(35)16(7-29)43-27)5-12(33)17-11(32)4-13(40-25(17)18)8-1-2-9(30)10(31)3-8/h1-5,15-16,19-24,26-31,33-39H,6-7H2/t15-,16-,19+,20-,21+,22-,23-,24-,26+,27-/m0/s1. The Bertz CT molecular complexity index is 1540. The first kappa shape index (κ1) is 30.9. The predicted molar refractivity (Wildman–Crippen MR) is 140 cm³/mol.